The molecule has 4 N–H and O–H groups in total. The van der Waals surface area contributed by atoms with E-state index >= 15 is 0 Å². The van der Waals surface area contributed by atoms with Crippen molar-refractivity contribution >= 4 is 34.7 Å². The molecule has 2 heterocycles. The molecule has 3 aromatic rings. The number of aliphatic hydroxyl groups excluding tert-OH is 1. The zero-order valence-corrected chi connectivity index (χ0v) is 17.9. The standard InChI is InChI=1S/C20H22ClFN6O3/c1-20(2,3)16-9-17(27-26-16)24-18-13(21)8-15(28(30)31)19(25-18)23-14(10-29)11-4-6-12(22)7-5-11/h4-9,14,29H,10H2,1-3H3,(H3,23,24,25,26,27). The number of nitrogens with one attached hydrogen (secondary N) is 3. The Kier molecular flexibility index (Phi) is 6.42. The lowest BCUT2D eigenvalue weighted by Crippen LogP contribution is -2.17. The molecule has 0 amide bonds. The van der Waals surface area contributed by atoms with Gasteiger partial charge in [0.15, 0.2) is 11.6 Å². The van der Waals surface area contributed by atoms with Crippen molar-refractivity contribution in [3.05, 3.63) is 68.6 Å². The van der Waals surface area contributed by atoms with Crippen LogP contribution in [0.4, 0.5) is 27.5 Å². The molecule has 0 aliphatic heterocycles. The molecule has 1 atom stereocenters. The van der Waals surface area contributed by atoms with Crippen LogP contribution in [0.25, 0.3) is 0 Å². The number of nitrogens with zero attached hydrogens (tertiary/aromatic N) is 3. The van der Waals surface area contributed by atoms with E-state index < -0.39 is 23.4 Å². The molecule has 0 saturated heterocycles. The fourth-order valence-corrected chi connectivity index (χ4v) is 2.99. The third-order valence-corrected chi connectivity index (χ3v) is 4.84. The summed E-state index contributed by atoms with van der Waals surface area (Å²) in [5.74, 6) is 0.0527. The smallest absolute Gasteiger partial charge is 0.313 e. The van der Waals surface area contributed by atoms with Gasteiger partial charge in [0.1, 0.15) is 5.82 Å². The number of nitro groups is 1. The molecule has 2 aromatic heterocycles. The minimum atomic E-state index is -0.751. The number of aromatic nitrogens is 3. The van der Waals surface area contributed by atoms with Gasteiger partial charge in [0.25, 0.3) is 0 Å². The number of pyridine rings is 1. The Hall–Kier alpha value is -3.24. The number of halogens is 2. The van der Waals surface area contributed by atoms with Gasteiger partial charge in [-0.15, -0.1) is 0 Å². The van der Waals surface area contributed by atoms with Gasteiger partial charge in [-0.25, -0.2) is 9.37 Å². The van der Waals surface area contributed by atoms with E-state index in [1.807, 2.05) is 20.8 Å². The predicted molar refractivity (Wildman–Crippen MR) is 116 cm³/mol. The second-order valence-electron chi connectivity index (χ2n) is 7.92. The first-order chi connectivity index (χ1) is 14.6. The fourth-order valence-electron chi connectivity index (χ4n) is 2.80. The van der Waals surface area contributed by atoms with Crippen molar-refractivity contribution < 1.29 is 14.4 Å². The summed E-state index contributed by atoms with van der Waals surface area (Å²) in [6.07, 6.45) is 0. The van der Waals surface area contributed by atoms with E-state index in [1.54, 1.807) is 6.07 Å². The summed E-state index contributed by atoms with van der Waals surface area (Å²) in [4.78, 5) is 15.2. The van der Waals surface area contributed by atoms with Gasteiger partial charge in [0.05, 0.1) is 22.6 Å². The molecule has 31 heavy (non-hydrogen) atoms. The molecule has 1 unspecified atom stereocenters. The zero-order valence-electron chi connectivity index (χ0n) is 17.1. The van der Waals surface area contributed by atoms with Crippen molar-refractivity contribution in [2.24, 2.45) is 0 Å². The average molecular weight is 449 g/mol. The summed E-state index contributed by atoms with van der Waals surface area (Å²) in [5, 5.41) is 34.2. The number of hydrogen-bond acceptors (Lipinski definition) is 7. The first-order valence-electron chi connectivity index (χ1n) is 9.39. The highest BCUT2D eigenvalue weighted by Gasteiger charge is 2.24. The Morgan fingerprint density at radius 1 is 1.26 bits per heavy atom. The number of rotatable bonds is 7. The molecular weight excluding hydrogens is 427 g/mol. The number of hydrogen-bond donors (Lipinski definition) is 4. The van der Waals surface area contributed by atoms with Crippen molar-refractivity contribution in [1.82, 2.24) is 15.2 Å². The number of aliphatic hydroxyl groups is 1. The van der Waals surface area contributed by atoms with Gasteiger partial charge in [-0.1, -0.05) is 44.5 Å². The van der Waals surface area contributed by atoms with Gasteiger partial charge in [0, 0.05) is 23.2 Å². The largest absolute Gasteiger partial charge is 0.394 e. The quantitative estimate of drug-likeness (QED) is 0.304. The second-order valence-corrected chi connectivity index (χ2v) is 8.32. The van der Waals surface area contributed by atoms with Crippen LogP contribution in [0.2, 0.25) is 5.02 Å². The highest BCUT2D eigenvalue weighted by atomic mass is 35.5. The molecule has 164 valence electrons. The van der Waals surface area contributed by atoms with Crippen LogP contribution in [-0.2, 0) is 5.41 Å². The highest BCUT2D eigenvalue weighted by molar-refractivity contribution is 6.33. The SMILES string of the molecule is CC(C)(C)c1cc(Nc2nc(NC(CO)c3ccc(F)cc3)c([N+](=O)[O-])cc2Cl)n[nH]1. The normalized spacial score (nSPS) is 12.5. The third kappa shape index (κ3) is 5.28. The van der Waals surface area contributed by atoms with E-state index in [0.29, 0.717) is 11.4 Å². The molecule has 0 fully saturated rings. The summed E-state index contributed by atoms with van der Waals surface area (Å²) >= 11 is 6.21. The second kappa shape index (κ2) is 8.86. The van der Waals surface area contributed by atoms with Crippen LogP contribution >= 0.6 is 11.6 Å². The first-order valence-corrected chi connectivity index (χ1v) is 9.77. The van der Waals surface area contributed by atoms with E-state index in [4.69, 9.17) is 11.6 Å². The van der Waals surface area contributed by atoms with Gasteiger partial charge in [-0.05, 0) is 17.7 Å². The van der Waals surface area contributed by atoms with Gasteiger partial charge < -0.3 is 15.7 Å². The van der Waals surface area contributed by atoms with Crippen LogP contribution in [0.1, 0.15) is 38.1 Å². The van der Waals surface area contributed by atoms with Crippen molar-refractivity contribution in [2.45, 2.75) is 32.2 Å². The van der Waals surface area contributed by atoms with Gasteiger partial charge in [-0.3, -0.25) is 15.2 Å². The van der Waals surface area contributed by atoms with Crippen LogP contribution in [-0.4, -0.2) is 31.8 Å². The van der Waals surface area contributed by atoms with Crippen LogP contribution < -0.4 is 10.6 Å². The summed E-state index contributed by atoms with van der Waals surface area (Å²) in [5.41, 5.74) is 0.888. The molecule has 0 saturated carbocycles. The molecule has 0 spiro atoms. The maximum atomic E-state index is 13.2. The topological polar surface area (TPSA) is 129 Å². The highest BCUT2D eigenvalue weighted by Crippen LogP contribution is 2.34. The van der Waals surface area contributed by atoms with Crippen LogP contribution in [0.3, 0.4) is 0 Å². The summed E-state index contributed by atoms with van der Waals surface area (Å²) in [6, 6.07) is 7.63. The van der Waals surface area contributed by atoms with Crippen molar-refractivity contribution in [3.63, 3.8) is 0 Å². The Balaban J connectivity index is 1.94. The van der Waals surface area contributed by atoms with Crippen molar-refractivity contribution in [1.29, 1.82) is 0 Å². The Bertz CT molecular complexity index is 1080. The lowest BCUT2D eigenvalue weighted by molar-refractivity contribution is -0.384. The number of benzene rings is 1. The minimum Gasteiger partial charge on any atom is -0.394 e. The molecule has 0 bridgehead atoms. The third-order valence-electron chi connectivity index (χ3n) is 4.55. The Morgan fingerprint density at radius 2 is 1.94 bits per heavy atom. The van der Waals surface area contributed by atoms with Crippen molar-refractivity contribution in [3.8, 4) is 0 Å². The molecule has 0 radical (unpaired) electrons. The molecule has 1 aromatic carbocycles. The van der Waals surface area contributed by atoms with Gasteiger partial charge >= 0.3 is 5.69 Å². The van der Waals surface area contributed by atoms with Gasteiger partial charge in [0.2, 0.25) is 5.82 Å². The summed E-state index contributed by atoms with van der Waals surface area (Å²) < 4.78 is 13.2. The lowest BCUT2D eigenvalue weighted by atomic mass is 9.92. The monoisotopic (exact) mass is 448 g/mol. The number of aromatic amines is 1. The minimum absolute atomic E-state index is 0.0277. The van der Waals surface area contributed by atoms with E-state index in [0.717, 1.165) is 11.8 Å². The maximum absolute atomic E-state index is 13.2. The van der Waals surface area contributed by atoms with E-state index in [2.05, 4.69) is 25.8 Å². The van der Waals surface area contributed by atoms with Crippen LogP contribution in [0.15, 0.2) is 36.4 Å². The Labute approximate surface area is 182 Å². The predicted octanol–water partition coefficient (Wildman–Crippen LogP) is 4.69. The first kappa shape index (κ1) is 22.4. The lowest BCUT2D eigenvalue weighted by Gasteiger charge is -2.18. The van der Waals surface area contributed by atoms with Crippen LogP contribution in [0, 0.1) is 15.9 Å². The molecule has 9 nitrogen and oxygen atoms in total. The van der Waals surface area contributed by atoms with Gasteiger partial charge in [-0.2, -0.15) is 5.10 Å². The van der Waals surface area contributed by atoms with Crippen LogP contribution in [0.5, 0.6) is 0 Å². The Morgan fingerprint density at radius 3 is 2.48 bits per heavy atom. The zero-order chi connectivity index (χ0) is 22.8. The summed E-state index contributed by atoms with van der Waals surface area (Å²) in [7, 11) is 0. The van der Waals surface area contributed by atoms with Crippen molar-refractivity contribution in [2.75, 3.05) is 17.2 Å². The van der Waals surface area contributed by atoms with E-state index in [-0.39, 0.29) is 27.8 Å². The molecular formula is C20H22ClFN6O3. The van der Waals surface area contributed by atoms with E-state index in [1.165, 1.54) is 24.3 Å². The fraction of sp³-hybridized carbons (Fsp3) is 0.300. The molecule has 3 rings (SSSR count). The molecule has 0 aliphatic carbocycles. The number of anilines is 3. The number of H-pyrrole nitrogens is 1. The van der Waals surface area contributed by atoms with E-state index in [9.17, 15) is 19.6 Å². The maximum Gasteiger partial charge on any atom is 0.313 e. The molecule has 11 heteroatoms. The average Bonchev–Trinajstić information content (AvgIpc) is 3.18. The molecule has 0 aliphatic rings. The summed E-state index contributed by atoms with van der Waals surface area (Å²) in [6.45, 7) is 5.67.